The molecule has 100 valence electrons. The van der Waals surface area contributed by atoms with E-state index in [2.05, 4.69) is 10.2 Å². The number of fused-ring (bicyclic) bond motifs is 1. The van der Waals surface area contributed by atoms with E-state index in [0.717, 1.165) is 24.9 Å². The van der Waals surface area contributed by atoms with E-state index in [4.69, 9.17) is 0 Å². The molecule has 1 N–H and O–H groups in total. The molecule has 1 saturated heterocycles. The third kappa shape index (κ3) is 3.58. The van der Waals surface area contributed by atoms with Crippen LogP contribution < -0.4 is 5.32 Å². The van der Waals surface area contributed by atoms with Crippen molar-refractivity contribution in [1.29, 1.82) is 0 Å². The van der Waals surface area contributed by atoms with Crippen molar-refractivity contribution < 1.29 is 13.2 Å². The minimum atomic E-state index is -4.10. The van der Waals surface area contributed by atoms with Gasteiger partial charge in [-0.25, -0.2) is 0 Å². The first-order chi connectivity index (χ1) is 7.96. The summed E-state index contributed by atoms with van der Waals surface area (Å²) in [5.41, 5.74) is 0. The fraction of sp³-hybridized carbons (Fsp3) is 1.00. The molecule has 3 unspecified atom stereocenters. The molecule has 1 aliphatic carbocycles. The third-order valence-electron chi connectivity index (χ3n) is 4.14. The summed E-state index contributed by atoms with van der Waals surface area (Å²) in [5, 5.41) is 2.50. The first kappa shape index (κ1) is 13.1. The van der Waals surface area contributed by atoms with E-state index in [9.17, 15) is 13.2 Å². The molecule has 2 nitrogen and oxygen atoms in total. The van der Waals surface area contributed by atoms with E-state index in [1.165, 1.54) is 19.3 Å². The highest BCUT2D eigenvalue weighted by Crippen LogP contribution is 2.38. The highest BCUT2D eigenvalue weighted by molar-refractivity contribution is 4.90. The number of nitrogens with one attached hydrogen (secondary N) is 1. The van der Waals surface area contributed by atoms with Gasteiger partial charge in [0.2, 0.25) is 0 Å². The lowest BCUT2D eigenvalue weighted by Gasteiger charge is -2.25. The van der Waals surface area contributed by atoms with Gasteiger partial charge in [0.05, 0.1) is 6.54 Å². The van der Waals surface area contributed by atoms with Crippen LogP contribution in [0.3, 0.4) is 0 Å². The van der Waals surface area contributed by atoms with Crippen molar-refractivity contribution in [3.8, 4) is 0 Å². The van der Waals surface area contributed by atoms with Crippen LogP contribution >= 0.6 is 0 Å². The number of nitrogens with zero attached hydrogens (tertiary/aromatic N) is 1. The van der Waals surface area contributed by atoms with Crippen molar-refractivity contribution >= 4 is 0 Å². The van der Waals surface area contributed by atoms with Crippen LogP contribution in [0.5, 0.6) is 0 Å². The Bertz CT molecular complexity index is 243. The predicted octanol–water partition coefficient (Wildman–Crippen LogP) is 2.26. The van der Waals surface area contributed by atoms with Gasteiger partial charge in [-0.05, 0) is 31.6 Å². The Hall–Kier alpha value is -0.290. The molecule has 1 saturated carbocycles. The van der Waals surface area contributed by atoms with Crippen LogP contribution in [0.15, 0.2) is 0 Å². The Labute approximate surface area is 101 Å². The summed E-state index contributed by atoms with van der Waals surface area (Å²) in [6.07, 6.45) is -0.140. The molecule has 1 heterocycles. The van der Waals surface area contributed by atoms with Gasteiger partial charge >= 0.3 is 6.18 Å². The minimum absolute atomic E-state index is 0.211. The summed E-state index contributed by atoms with van der Waals surface area (Å²) < 4.78 is 36.0. The molecule has 3 atom stereocenters. The zero-order valence-electron chi connectivity index (χ0n) is 10.3. The molecule has 0 aromatic heterocycles. The second-order valence-electron chi connectivity index (χ2n) is 5.50. The maximum atomic E-state index is 12.0. The summed E-state index contributed by atoms with van der Waals surface area (Å²) in [7, 11) is 0. The smallest absolute Gasteiger partial charge is 0.307 e. The number of hydrogen-bond donors (Lipinski definition) is 1. The maximum absolute atomic E-state index is 12.0. The van der Waals surface area contributed by atoms with E-state index in [-0.39, 0.29) is 6.04 Å². The third-order valence-corrected chi connectivity index (χ3v) is 4.14. The average molecular weight is 250 g/mol. The van der Waals surface area contributed by atoms with Gasteiger partial charge in [0, 0.05) is 25.7 Å². The van der Waals surface area contributed by atoms with Crippen molar-refractivity contribution in [1.82, 2.24) is 10.2 Å². The van der Waals surface area contributed by atoms with Gasteiger partial charge in [-0.2, -0.15) is 13.2 Å². The summed E-state index contributed by atoms with van der Waals surface area (Å²) in [6, 6.07) is 0.211. The molecule has 0 aromatic rings. The van der Waals surface area contributed by atoms with Gasteiger partial charge in [0.15, 0.2) is 0 Å². The van der Waals surface area contributed by atoms with Crippen LogP contribution in [0.1, 0.15) is 26.2 Å². The highest BCUT2D eigenvalue weighted by atomic mass is 19.4. The van der Waals surface area contributed by atoms with Crippen LogP contribution in [0.25, 0.3) is 0 Å². The fourth-order valence-electron chi connectivity index (χ4n) is 3.18. The summed E-state index contributed by atoms with van der Waals surface area (Å²) in [6.45, 7) is 3.74. The zero-order chi connectivity index (χ0) is 12.5. The van der Waals surface area contributed by atoms with Crippen LogP contribution in [0.4, 0.5) is 13.2 Å². The number of hydrogen-bond acceptors (Lipinski definition) is 2. The van der Waals surface area contributed by atoms with Crippen molar-refractivity contribution in [2.75, 3.05) is 26.2 Å². The summed E-state index contributed by atoms with van der Waals surface area (Å²) in [4.78, 5) is 2.35. The largest absolute Gasteiger partial charge is 0.401 e. The molecule has 2 rings (SSSR count). The van der Waals surface area contributed by atoms with Crippen molar-refractivity contribution in [2.24, 2.45) is 11.8 Å². The van der Waals surface area contributed by atoms with E-state index < -0.39 is 12.7 Å². The molecule has 0 bridgehead atoms. The van der Waals surface area contributed by atoms with Gasteiger partial charge in [-0.1, -0.05) is 6.42 Å². The summed E-state index contributed by atoms with van der Waals surface area (Å²) in [5.74, 6) is 1.61. The Balaban J connectivity index is 1.69. The van der Waals surface area contributed by atoms with Gasteiger partial charge in [0.1, 0.15) is 0 Å². The van der Waals surface area contributed by atoms with Crippen LogP contribution in [-0.2, 0) is 0 Å². The molecular formula is C12H21F3N2. The molecule has 5 heteroatoms. The van der Waals surface area contributed by atoms with Gasteiger partial charge < -0.3 is 5.32 Å². The Morgan fingerprint density at radius 3 is 2.35 bits per heavy atom. The molecule has 2 fully saturated rings. The zero-order valence-corrected chi connectivity index (χ0v) is 10.3. The first-order valence-corrected chi connectivity index (χ1v) is 6.47. The number of alkyl halides is 3. The van der Waals surface area contributed by atoms with Gasteiger partial charge in [0.25, 0.3) is 0 Å². The lowest BCUT2D eigenvalue weighted by Crippen LogP contribution is -2.42. The monoisotopic (exact) mass is 250 g/mol. The molecule has 2 aliphatic rings. The quantitative estimate of drug-likeness (QED) is 0.823. The summed E-state index contributed by atoms with van der Waals surface area (Å²) >= 11 is 0. The Morgan fingerprint density at radius 2 is 1.82 bits per heavy atom. The average Bonchev–Trinajstić information content (AvgIpc) is 2.73. The molecule has 17 heavy (non-hydrogen) atoms. The lowest BCUT2D eigenvalue weighted by atomic mass is 10.0. The van der Waals surface area contributed by atoms with E-state index in [1.54, 1.807) is 0 Å². The van der Waals surface area contributed by atoms with E-state index in [0.29, 0.717) is 6.54 Å². The van der Waals surface area contributed by atoms with E-state index >= 15 is 0 Å². The van der Waals surface area contributed by atoms with Crippen LogP contribution in [-0.4, -0.2) is 43.3 Å². The maximum Gasteiger partial charge on any atom is 0.401 e. The van der Waals surface area contributed by atoms with E-state index in [1.807, 2.05) is 6.92 Å². The normalized spacial score (nSPS) is 31.8. The molecule has 0 spiro atoms. The molecule has 0 radical (unpaired) electrons. The number of likely N-dealkylation sites (tertiary alicyclic amines) is 1. The SMILES string of the molecule is CC(CNCC(F)(F)F)N1CC2CCCC2C1. The molecular weight excluding hydrogens is 229 g/mol. The lowest BCUT2D eigenvalue weighted by molar-refractivity contribution is -0.125. The van der Waals surface area contributed by atoms with Crippen molar-refractivity contribution in [3.05, 3.63) is 0 Å². The molecule has 0 aromatic carbocycles. The minimum Gasteiger partial charge on any atom is -0.307 e. The Kier molecular flexibility index (Phi) is 3.98. The fourth-order valence-corrected chi connectivity index (χ4v) is 3.18. The Morgan fingerprint density at radius 1 is 1.24 bits per heavy atom. The van der Waals surface area contributed by atoms with Gasteiger partial charge in [-0.15, -0.1) is 0 Å². The van der Waals surface area contributed by atoms with Crippen LogP contribution in [0.2, 0.25) is 0 Å². The first-order valence-electron chi connectivity index (χ1n) is 6.47. The number of halogens is 3. The van der Waals surface area contributed by atoms with Crippen LogP contribution in [0, 0.1) is 11.8 Å². The second-order valence-corrected chi connectivity index (χ2v) is 5.50. The highest BCUT2D eigenvalue weighted by Gasteiger charge is 2.37. The topological polar surface area (TPSA) is 15.3 Å². The standard InChI is InChI=1S/C12H21F3N2/c1-9(5-16-8-12(13,14)15)17-6-10-3-2-4-11(10)7-17/h9-11,16H,2-8H2,1H3. The predicted molar refractivity (Wildman–Crippen MR) is 60.8 cm³/mol. The van der Waals surface area contributed by atoms with Gasteiger partial charge in [-0.3, -0.25) is 4.90 Å². The molecule has 0 amide bonds. The van der Waals surface area contributed by atoms with Crippen molar-refractivity contribution in [3.63, 3.8) is 0 Å². The van der Waals surface area contributed by atoms with Crippen molar-refractivity contribution in [2.45, 2.75) is 38.4 Å². The number of rotatable bonds is 4. The second kappa shape index (κ2) is 5.14. The molecule has 1 aliphatic heterocycles.